The van der Waals surface area contributed by atoms with Crippen molar-refractivity contribution in [2.45, 2.75) is 38.9 Å². The Bertz CT molecular complexity index is 1780. The molecule has 1 fully saturated rings. The molecule has 3 heterocycles. The van der Waals surface area contributed by atoms with Gasteiger partial charge in [0, 0.05) is 27.4 Å². The molecule has 0 spiro atoms. The predicted molar refractivity (Wildman–Crippen MR) is 152 cm³/mol. The van der Waals surface area contributed by atoms with E-state index in [2.05, 4.69) is 123 Å². The fourth-order valence-electron chi connectivity index (χ4n) is 5.30. The molecule has 7 rings (SSSR count). The smallest absolute Gasteiger partial charge is 0.456 e. The number of furan rings is 1. The van der Waals surface area contributed by atoms with Crippen LogP contribution in [0.15, 0.2) is 101 Å². The molecule has 5 heteroatoms. The van der Waals surface area contributed by atoms with E-state index in [1.54, 1.807) is 0 Å². The van der Waals surface area contributed by atoms with Crippen molar-refractivity contribution >= 4 is 45.4 Å². The van der Waals surface area contributed by atoms with Crippen LogP contribution < -0.4 is 5.46 Å². The molecule has 182 valence electrons. The number of aromatic nitrogens is 1. The van der Waals surface area contributed by atoms with E-state index in [0.29, 0.717) is 0 Å². The van der Waals surface area contributed by atoms with Gasteiger partial charge >= 0.3 is 7.12 Å². The molecule has 0 radical (unpaired) electrons. The van der Waals surface area contributed by atoms with Crippen LogP contribution in [0.5, 0.6) is 0 Å². The summed E-state index contributed by atoms with van der Waals surface area (Å²) in [5, 5.41) is 3.49. The van der Waals surface area contributed by atoms with Crippen molar-refractivity contribution in [1.29, 1.82) is 0 Å². The Morgan fingerprint density at radius 2 is 1.35 bits per heavy atom. The monoisotopic (exact) mass is 485 g/mol. The fourth-order valence-corrected chi connectivity index (χ4v) is 5.30. The summed E-state index contributed by atoms with van der Waals surface area (Å²) in [6, 6.07) is 34.0. The second kappa shape index (κ2) is 7.85. The van der Waals surface area contributed by atoms with Crippen molar-refractivity contribution in [3.63, 3.8) is 0 Å². The van der Waals surface area contributed by atoms with Crippen molar-refractivity contribution in [3.8, 4) is 17.0 Å². The number of fused-ring (bicyclic) bond motifs is 4. The first-order valence-electron chi connectivity index (χ1n) is 12.8. The zero-order chi connectivity index (χ0) is 25.4. The van der Waals surface area contributed by atoms with Crippen molar-refractivity contribution in [1.82, 2.24) is 4.57 Å². The van der Waals surface area contributed by atoms with Gasteiger partial charge in [0.2, 0.25) is 0 Å². The molecule has 1 aliphatic rings. The van der Waals surface area contributed by atoms with E-state index in [9.17, 15) is 0 Å². The Morgan fingerprint density at radius 1 is 0.649 bits per heavy atom. The third kappa shape index (κ3) is 3.46. The lowest BCUT2D eigenvalue weighted by atomic mass is 9.79. The van der Waals surface area contributed by atoms with Gasteiger partial charge in [0.1, 0.15) is 11.3 Å². The largest absolute Gasteiger partial charge is 0.494 e. The molecule has 0 bridgehead atoms. The summed E-state index contributed by atoms with van der Waals surface area (Å²) in [6.45, 7) is 8.28. The van der Waals surface area contributed by atoms with Crippen LogP contribution in [-0.2, 0) is 9.31 Å². The second-order valence-electron chi connectivity index (χ2n) is 10.9. The quantitative estimate of drug-likeness (QED) is 0.244. The molecular weight excluding hydrogens is 457 g/mol. The number of hydrogen-bond acceptors (Lipinski definition) is 3. The molecule has 37 heavy (non-hydrogen) atoms. The summed E-state index contributed by atoms with van der Waals surface area (Å²) in [7, 11) is -0.414. The Labute approximate surface area is 216 Å². The van der Waals surface area contributed by atoms with Crippen LogP contribution in [0, 0.1) is 0 Å². The lowest BCUT2D eigenvalue weighted by Gasteiger charge is -2.32. The van der Waals surface area contributed by atoms with Crippen molar-refractivity contribution in [2.24, 2.45) is 0 Å². The molecule has 0 N–H and O–H groups in total. The van der Waals surface area contributed by atoms with Crippen molar-refractivity contribution in [2.75, 3.05) is 0 Å². The van der Waals surface area contributed by atoms with E-state index in [0.717, 1.165) is 33.4 Å². The van der Waals surface area contributed by atoms with Crippen LogP contribution in [0.3, 0.4) is 0 Å². The van der Waals surface area contributed by atoms with E-state index < -0.39 is 7.12 Å². The van der Waals surface area contributed by atoms with Crippen molar-refractivity contribution in [3.05, 3.63) is 97.1 Å². The zero-order valence-electron chi connectivity index (χ0n) is 21.5. The second-order valence-corrected chi connectivity index (χ2v) is 10.9. The van der Waals surface area contributed by atoms with Gasteiger partial charge in [-0.05, 0) is 81.7 Å². The van der Waals surface area contributed by atoms with Crippen LogP contribution in [0.1, 0.15) is 27.7 Å². The maximum Gasteiger partial charge on any atom is 0.494 e. The minimum Gasteiger partial charge on any atom is -0.456 e. The average Bonchev–Trinajstić information content (AvgIpc) is 3.53. The molecule has 0 saturated carbocycles. The molecule has 0 amide bonds. The number of benzene rings is 4. The summed E-state index contributed by atoms with van der Waals surface area (Å²) < 4.78 is 21.2. The van der Waals surface area contributed by atoms with Gasteiger partial charge in [-0.15, -0.1) is 0 Å². The standard InChI is InChI=1S/C32H28BNO3/c1-31(2)32(3,4)37-33(36-31)23-16-14-22-19-29(35-30(22)20-23)21-15-17-28-26(18-21)25-12-8-9-13-27(25)34(28)24-10-6-5-7-11-24/h5-20H,1-4H3. The molecule has 4 nitrogen and oxygen atoms in total. The maximum absolute atomic E-state index is 6.39. The first kappa shape index (κ1) is 22.4. The van der Waals surface area contributed by atoms with Gasteiger partial charge in [-0.25, -0.2) is 0 Å². The van der Waals surface area contributed by atoms with Crippen LogP contribution in [0.2, 0.25) is 0 Å². The minimum absolute atomic E-state index is 0.380. The summed E-state index contributed by atoms with van der Waals surface area (Å²) in [6.07, 6.45) is 0. The first-order chi connectivity index (χ1) is 17.8. The third-order valence-corrected chi connectivity index (χ3v) is 8.04. The Hall–Kier alpha value is -3.80. The molecule has 0 unspecified atom stereocenters. The van der Waals surface area contributed by atoms with Gasteiger partial charge in [0.15, 0.2) is 0 Å². The summed E-state index contributed by atoms with van der Waals surface area (Å²) >= 11 is 0. The van der Waals surface area contributed by atoms with Gasteiger partial charge in [-0.2, -0.15) is 0 Å². The van der Waals surface area contributed by atoms with Gasteiger partial charge < -0.3 is 18.3 Å². The molecule has 6 aromatic rings. The fraction of sp³-hybridized carbons (Fsp3) is 0.188. The lowest BCUT2D eigenvalue weighted by molar-refractivity contribution is 0.00578. The van der Waals surface area contributed by atoms with E-state index in [4.69, 9.17) is 13.7 Å². The average molecular weight is 485 g/mol. The summed E-state index contributed by atoms with van der Waals surface area (Å²) in [5.41, 5.74) is 5.61. The van der Waals surface area contributed by atoms with Crippen LogP contribution in [-0.4, -0.2) is 22.9 Å². The topological polar surface area (TPSA) is 36.5 Å². The van der Waals surface area contributed by atoms with Gasteiger partial charge in [-0.1, -0.05) is 48.5 Å². The Balaban J connectivity index is 1.32. The normalized spacial score (nSPS) is 16.8. The number of hydrogen-bond donors (Lipinski definition) is 0. The predicted octanol–water partition coefficient (Wildman–Crippen LogP) is 7.50. The van der Waals surface area contributed by atoms with Crippen molar-refractivity contribution < 1.29 is 13.7 Å². The number of nitrogens with zero attached hydrogens (tertiary/aromatic N) is 1. The lowest BCUT2D eigenvalue weighted by Crippen LogP contribution is -2.41. The number of rotatable bonds is 3. The van der Waals surface area contributed by atoms with E-state index in [1.165, 1.54) is 21.8 Å². The molecule has 0 aliphatic carbocycles. The van der Waals surface area contributed by atoms with Crippen LogP contribution >= 0.6 is 0 Å². The van der Waals surface area contributed by atoms with E-state index in [-0.39, 0.29) is 11.2 Å². The molecular formula is C32H28BNO3. The van der Waals surface area contributed by atoms with Gasteiger partial charge in [0.25, 0.3) is 0 Å². The SMILES string of the molecule is CC1(C)OB(c2ccc3cc(-c4ccc5c(c4)c4ccccc4n5-c4ccccc4)oc3c2)OC1(C)C. The minimum atomic E-state index is -0.414. The maximum atomic E-state index is 6.39. The Kier molecular flexibility index (Phi) is 4.75. The summed E-state index contributed by atoms with van der Waals surface area (Å²) in [4.78, 5) is 0. The Morgan fingerprint density at radius 3 is 2.14 bits per heavy atom. The third-order valence-electron chi connectivity index (χ3n) is 8.04. The van der Waals surface area contributed by atoms with Gasteiger partial charge in [-0.3, -0.25) is 0 Å². The van der Waals surface area contributed by atoms with Crippen LogP contribution in [0.25, 0.3) is 49.8 Å². The van der Waals surface area contributed by atoms with E-state index in [1.807, 2.05) is 6.07 Å². The highest BCUT2D eigenvalue weighted by atomic mass is 16.7. The number of para-hydroxylation sites is 2. The first-order valence-corrected chi connectivity index (χ1v) is 12.8. The molecule has 1 saturated heterocycles. The molecule has 1 aliphatic heterocycles. The molecule has 0 atom stereocenters. The van der Waals surface area contributed by atoms with E-state index >= 15 is 0 Å². The highest BCUT2D eigenvalue weighted by molar-refractivity contribution is 6.62. The van der Waals surface area contributed by atoms with Crippen LogP contribution in [0.4, 0.5) is 0 Å². The highest BCUT2D eigenvalue weighted by Gasteiger charge is 2.51. The summed E-state index contributed by atoms with van der Waals surface area (Å²) in [5.74, 6) is 0.847. The highest BCUT2D eigenvalue weighted by Crippen LogP contribution is 2.38. The molecule has 4 aromatic carbocycles. The van der Waals surface area contributed by atoms with Gasteiger partial charge in [0.05, 0.1) is 22.2 Å². The zero-order valence-corrected chi connectivity index (χ0v) is 21.5. The molecule has 2 aromatic heterocycles.